The minimum Gasteiger partial charge on any atom is -0.339 e. The predicted molar refractivity (Wildman–Crippen MR) is 103 cm³/mol. The first kappa shape index (κ1) is 16.8. The lowest BCUT2D eigenvalue weighted by Crippen LogP contribution is -2.18. The summed E-state index contributed by atoms with van der Waals surface area (Å²) in [7, 11) is 0. The molecule has 0 aliphatic rings. The summed E-state index contributed by atoms with van der Waals surface area (Å²) in [5.41, 5.74) is 3.42. The highest BCUT2D eigenvalue weighted by atomic mass is 79.9. The van der Waals surface area contributed by atoms with Gasteiger partial charge in [-0.2, -0.15) is 4.98 Å². The van der Waals surface area contributed by atoms with Crippen LogP contribution in [0.4, 0.5) is 0 Å². The van der Waals surface area contributed by atoms with Crippen LogP contribution in [0.1, 0.15) is 31.3 Å². The Labute approximate surface area is 158 Å². The highest BCUT2D eigenvalue weighted by Crippen LogP contribution is 2.23. The molecule has 0 saturated carbocycles. The highest BCUT2D eigenvalue weighted by molar-refractivity contribution is 9.10. The van der Waals surface area contributed by atoms with E-state index in [1.165, 1.54) is 0 Å². The van der Waals surface area contributed by atoms with E-state index in [0.717, 1.165) is 26.6 Å². The highest BCUT2D eigenvalue weighted by Gasteiger charge is 2.13. The monoisotopic (exact) mass is 412 g/mol. The van der Waals surface area contributed by atoms with Crippen molar-refractivity contribution in [2.75, 3.05) is 0 Å². The van der Waals surface area contributed by atoms with Crippen LogP contribution in [0.5, 0.6) is 0 Å². The summed E-state index contributed by atoms with van der Waals surface area (Å²) in [5, 5.41) is 4.08. The lowest BCUT2D eigenvalue weighted by atomic mass is 10.1. The van der Waals surface area contributed by atoms with Gasteiger partial charge in [-0.3, -0.25) is 4.57 Å². The minimum atomic E-state index is -0.115. The molecular weight excluding hydrogens is 396 g/mol. The second-order valence-electron chi connectivity index (χ2n) is 6.44. The van der Waals surface area contributed by atoms with Gasteiger partial charge in [0, 0.05) is 16.1 Å². The molecular formula is C19H17BrN4O2. The number of H-pyrrole nitrogens is 1. The van der Waals surface area contributed by atoms with Crippen LogP contribution in [0.25, 0.3) is 22.4 Å². The van der Waals surface area contributed by atoms with Gasteiger partial charge in [0.2, 0.25) is 11.7 Å². The number of rotatable bonds is 4. The first-order valence-electron chi connectivity index (χ1n) is 8.33. The number of hydrogen-bond acceptors (Lipinski definition) is 4. The Morgan fingerprint density at radius 2 is 1.96 bits per heavy atom. The number of nitrogens with zero attached hydrogens (tertiary/aromatic N) is 3. The molecule has 4 rings (SSSR count). The van der Waals surface area contributed by atoms with Gasteiger partial charge in [0.1, 0.15) is 0 Å². The number of fused-ring (bicyclic) bond motifs is 1. The second-order valence-corrected chi connectivity index (χ2v) is 7.36. The van der Waals surface area contributed by atoms with Gasteiger partial charge in [0.05, 0.1) is 17.5 Å². The van der Waals surface area contributed by atoms with E-state index in [0.29, 0.717) is 18.1 Å². The third-order valence-electron chi connectivity index (χ3n) is 4.23. The van der Waals surface area contributed by atoms with Crippen LogP contribution in [-0.4, -0.2) is 19.7 Å². The number of benzene rings is 2. The van der Waals surface area contributed by atoms with Gasteiger partial charge >= 0.3 is 5.69 Å². The SMILES string of the molecule is CC(C)n1c(=O)[nH]c2cc(-c3noc(Cc4ccc(Br)cc4)n3)ccc21. The quantitative estimate of drug-likeness (QED) is 0.541. The van der Waals surface area contributed by atoms with Crippen LogP contribution < -0.4 is 5.69 Å². The molecule has 132 valence electrons. The standard InChI is InChI=1S/C19H17BrN4O2/c1-11(2)24-16-8-5-13(10-15(16)21-19(24)25)18-22-17(26-23-18)9-12-3-6-14(20)7-4-12/h3-8,10-11H,9H2,1-2H3,(H,21,25). The van der Waals surface area contributed by atoms with E-state index >= 15 is 0 Å². The molecule has 0 radical (unpaired) electrons. The van der Waals surface area contributed by atoms with Gasteiger partial charge in [-0.05, 0) is 49.7 Å². The Balaban J connectivity index is 1.65. The van der Waals surface area contributed by atoms with E-state index < -0.39 is 0 Å². The van der Waals surface area contributed by atoms with Crippen molar-refractivity contribution in [1.29, 1.82) is 0 Å². The minimum absolute atomic E-state index is 0.0878. The molecule has 0 aliphatic heterocycles. The van der Waals surface area contributed by atoms with Gasteiger partial charge in [-0.25, -0.2) is 4.79 Å². The Morgan fingerprint density at radius 3 is 2.69 bits per heavy atom. The Morgan fingerprint density at radius 1 is 1.19 bits per heavy atom. The smallest absolute Gasteiger partial charge is 0.326 e. The van der Waals surface area contributed by atoms with Gasteiger partial charge in [-0.15, -0.1) is 0 Å². The fourth-order valence-electron chi connectivity index (χ4n) is 3.00. The van der Waals surface area contributed by atoms with Crippen molar-refractivity contribution < 1.29 is 4.52 Å². The van der Waals surface area contributed by atoms with Crippen molar-refractivity contribution in [3.8, 4) is 11.4 Å². The van der Waals surface area contributed by atoms with Crippen molar-refractivity contribution in [3.63, 3.8) is 0 Å². The third kappa shape index (κ3) is 3.10. The first-order chi connectivity index (χ1) is 12.5. The maximum Gasteiger partial charge on any atom is 0.326 e. The summed E-state index contributed by atoms with van der Waals surface area (Å²) in [5.74, 6) is 1.06. The van der Waals surface area contributed by atoms with E-state index in [9.17, 15) is 4.79 Å². The molecule has 0 amide bonds. The molecule has 0 atom stereocenters. The van der Waals surface area contributed by atoms with Crippen LogP contribution in [0, 0.1) is 0 Å². The van der Waals surface area contributed by atoms with Gasteiger partial charge < -0.3 is 9.51 Å². The average molecular weight is 413 g/mol. The molecule has 0 spiro atoms. The van der Waals surface area contributed by atoms with Crippen LogP contribution in [0.15, 0.2) is 56.3 Å². The lowest BCUT2D eigenvalue weighted by molar-refractivity contribution is 0.385. The van der Waals surface area contributed by atoms with Crippen molar-refractivity contribution in [2.45, 2.75) is 26.3 Å². The maximum absolute atomic E-state index is 12.1. The second kappa shape index (κ2) is 6.57. The fraction of sp³-hybridized carbons (Fsp3) is 0.211. The number of halogens is 1. The molecule has 2 aromatic heterocycles. The van der Waals surface area contributed by atoms with Crippen molar-refractivity contribution in [2.24, 2.45) is 0 Å². The third-order valence-corrected chi connectivity index (χ3v) is 4.76. The van der Waals surface area contributed by atoms with Crippen molar-refractivity contribution in [3.05, 3.63) is 68.9 Å². The van der Waals surface area contributed by atoms with Gasteiger partial charge in [0.25, 0.3) is 0 Å². The van der Waals surface area contributed by atoms with Crippen LogP contribution in [-0.2, 0) is 6.42 Å². The molecule has 0 aliphatic carbocycles. The number of aromatic amines is 1. The zero-order valence-corrected chi connectivity index (χ0v) is 15.9. The Bertz CT molecular complexity index is 1120. The van der Waals surface area contributed by atoms with E-state index in [1.807, 2.05) is 56.3 Å². The van der Waals surface area contributed by atoms with Crippen LogP contribution in [0.2, 0.25) is 0 Å². The lowest BCUT2D eigenvalue weighted by Gasteiger charge is -2.06. The number of aromatic nitrogens is 4. The van der Waals surface area contributed by atoms with Crippen molar-refractivity contribution in [1.82, 2.24) is 19.7 Å². The molecule has 2 heterocycles. The predicted octanol–water partition coefficient (Wildman–Crippen LogP) is 4.31. The average Bonchev–Trinajstić information content (AvgIpc) is 3.19. The molecule has 4 aromatic rings. The van der Waals surface area contributed by atoms with E-state index in [2.05, 4.69) is 31.1 Å². The molecule has 0 unspecified atom stereocenters. The summed E-state index contributed by atoms with van der Waals surface area (Å²) in [6.45, 7) is 3.96. The molecule has 0 saturated heterocycles. The van der Waals surface area contributed by atoms with Crippen LogP contribution >= 0.6 is 15.9 Å². The van der Waals surface area contributed by atoms with Crippen molar-refractivity contribution >= 4 is 27.0 Å². The first-order valence-corrected chi connectivity index (χ1v) is 9.12. The summed E-state index contributed by atoms with van der Waals surface area (Å²) in [6.07, 6.45) is 0.573. The normalized spacial score (nSPS) is 11.5. The van der Waals surface area contributed by atoms with E-state index in [4.69, 9.17) is 4.52 Å². The molecule has 2 aromatic carbocycles. The molecule has 0 bridgehead atoms. The van der Waals surface area contributed by atoms with Gasteiger partial charge in [0.15, 0.2) is 0 Å². The molecule has 7 heteroatoms. The fourth-order valence-corrected chi connectivity index (χ4v) is 3.27. The summed E-state index contributed by atoms with van der Waals surface area (Å²) in [6, 6.07) is 13.8. The number of imidazole rings is 1. The number of nitrogens with one attached hydrogen (secondary N) is 1. The summed E-state index contributed by atoms with van der Waals surface area (Å²) >= 11 is 3.42. The maximum atomic E-state index is 12.1. The molecule has 1 N–H and O–H groups in total. The molecule has 0 fully saturated rings. The van der Waals surface area contributed by atoms with E-state index in [1.54, 1.807) is 4.57 Å². The Kier molecular flexibility index (Phi) is 4.24. The zero-order valence-electron chi connectivity index (χ0n) is 14.4. The molecule has 26 heavy (non-hydrogen) atoms. The van der Waals surface area contributed by atoms with Crippen LogP contribution in [0.3, 0.4) is 0 Å². The Hall–Kier alpha value is -2.67. The summed E-state index contributed by atoms with van der Waals surface area (Å²) in [4.78, 5) is 19.5. The molecule has 6 nitrogen and oxygen atoms in total. The van der Waals surface area contributed by atoms with Gasteiger partial charge in [-0.1, -0.05) is 33.2 Å². The largest absolute Gasteiger partial charge is 0.339 e. The topological polar surface area (TPSA) is 76.7 Å². The van der Waals surface area contributed by atoms with E-state index in [-0.39, 0.29) is 11.7 Å². The number of hydrogen-bond donors (Lipinski definition) is 1. The summed E-state index contributed by atoms with van der Waals surface area (Å²) < 4.78 is 8.14. The zero-order chi connectivity index (χ0) is 18.3.